The van der Waals surface area contributed by atoms with Crippen molar-refractivity contribution < 1.29 is 18.0 Å². The summed E-state index contributed by atoms with van der Waals surface area (Å²) >= 11 is 5.99. The lowest BCUT2D eigenvalue weighted by atomic mass is 10.1. The van der Waals surface area contributed by atoms with Gasteiger partial charge in [-0.2, -0.15) is 0 Å². The van der Waals surface area contributed by atoms with Crippen molar-refractivity contribution in [2.24, 2.45) is 5.92 Å². The number of alkyl halides is 1. The molecule has 0 amide bonds. The van der Waals surface area contributed by atoms with E-state index in [2.05, 4.69) is 88.8 Å². The summed E-state index contributed by atoms with van der Waals surface area (Å²) in [7, 11) is -4.36. The monoisotopic (exact) mass is 610 g/mol. The number of ketones is 1. The molecule has 40 heavy (non-hydrogen) atoms. The van der Waals surface area contributed by atoms with Gasteiger partial charge >= 0.3 is 0 Å². The van der Waals surface area contributed by atoms with Crippen LogP contribution in [0.25, 0.3) is 0 Å². The Bertz CT molecular complexity index is 1160. The van der Waals surface area contributed by atoms with E-state index in [4.69, 9.17) is 20.5 Å². The van der Waals surface area contributed by atoms with Crippen molar-refractivity contribution in [3.8, 4) is 0 Å². The maximum Gasteiger partial charge on any atom is 0.199 e. The van der Waals surface area contributed by atoms with Crippen LogP contribution in [-0.2, 0) is 8.85 Å². The Hall–Kier alpha value is -1.60. The molecule has 1 aliphatic rings. The van der Waals surface area contributed by atoms with Gasteiger partial charge in [0.15, 0.2) is 22.4 Å². The van der Waals surface area contributed by atoms with Crippen molar-refractivity contribution in [3.05, 3.63) is 41.1 Å². The van der Waals surface area contributed by atoms with Crippen LogP contribution in [-0.4, -0.2) is 62.3 Å². The molecular formula is C29H48ClFN4O3Si2. The first-order valence-corrected chi connectivity index (χ1v) is 20.0. The van der Waals surface area contributed by atoms with Crippen LogP contribution in [0.5, 0.6) is 0 Å². The normalized spacial score (nSPS) is 22.5. The van der Waals surface area contributed by atoms with Gasteiger partial charge in [-0.3, -0.25) is 4.79 Å². The van der Waals surface area contributed by atoms with Gasteiger partial charge < -0.3 is 19.2 Å². The number of anilines is 1. The topological polar surface area (TPSA) is 89.1 Å². The van der Waals surface area contributed by atoms with E-state index in [1.165, 1.54) is 12.5 Å². The molecule has 1 aliphatic carbocycles. The Morgan fingerprint density at radius 3 is 2.35 bits per heavy atom. The van der Waals surface area contributed by atoms with Gasteiger partial charge in [-0.25, -0.2) is 14.4 Å². The molecule has 3 rings (SSSR count). The molecule has 0 bridgehead atoms. The quantitative estimate of drug-likeness (QED) is 0.198. The van der Waals surface area contributed by atoms with Gasteiger partial charge in [-0.05, 0) is 47.7 Å². The lowest BCUT2D eigenvalue weighted by molar-refractivity contribution is 0.0525. The molecule has 2 heterocycles. The smallest absolute Gasteiger partial charge is 0.199 e. The van der Waals surface area contributed by atoms with Crippen molar-refractivity contribution in [2.75, 3.05) is 11.9 Å². The zero-order valence-electron chi connectivity index (χ0n) is 25.8. The predicted octanol–water partition coefficient (Wildman–Crippen LogP) is 8.02. The molecule has 224 valence electrons. The van der Waals surface area contributed by atoms with Gasteiger partial charge in [0.05, 0.1) is 17.7 Å². The van der Waals surface area contributed by atoms with Crippen LogP contribution in [0.15, 0.2) is 24.8 Å². The molecule has 11 heteroatoms. The van der Waals surface area contributed by atoms with Gasteiger partial charge in [0.2, 0.25) is 0 Å². The molecule has 1 saturated carbocycles. The number of H-pyrrole nitrogens is 1. The fourth-order valence-corrected chi connectivity index (χ4v) is 10.8. The average Bonchev–Trinajstić information content (AvgIpc) is 3.43. The van der Waals surface area contributed by atoms with E-state index in [-0.39, 0.29) is 27.3 Å². The highest BCUT2D eigenvalue weighted by Gasteiger charge is 2.53. The zero-order valence-corrected chi connectivity index (χ0v) is 28.6. The van der Waals surface area contributed by atoms with Crippen LogP contribution in [0.3, 0.4) is 0 Å². The second kappa shape index (κ2) is 12.3. The van der Waals surface area contributed by atoms with Crippen LogP contribution >= 0.6 is 11.6 Å². The van der Waals surface area contributed by atoms with Crippen molar-refractivity contribution >= 4 is 39.8 Å². The first-order valence-electron chi connectivity index (χ1n) is 14.4. The summed E-state index contributed by atoms with van der Waals surface area (Å²) in [5.41, 5.74) is 0.657. The lowest BCUT2D eigenvalue weighted by Gasteiger charge is -2.45. The molecule has 0 unspecified atom stereocenters. The zero-order chi connectivity index (χ0) is 30.1. The number of halogens is 2. The Balaban J connectivity index is 1.92. The fraction of sp³-hybridized carbons (Fsp3) is 0.690. The Labute approximate surface area is 246 Å². The van der Waals surface area contributed by atoms with Crippen molar-refractivity contribution in [2.45, 2.75) is 115 Å². The summed E-state index contributed by atoms with van der Waals surface area (Å²) < 4.78 is 30.2. The molecule has 0 radical (unpaired) electrons. The minimum atomic E-state index is -2.31. The van der Waals surface area contributed by atoms with E-state index in [0.29, 0.717) is 29.6 Å². The summed E-state index contributed by atoms with van der Waals surface area (Å²) in [6.07, 6.45) is 2.98. The third-order valence-corrected chi connectivity index (χ3v) is 19.7. The summed E-state index contributed by atoms with van der Waals surface area (Å²) in [6.45, 7) is 22.5. The van der Waals surface area contributed by atoms with Crippen LogP contribution < -0.4 is 5.32 Å². The Kier molecular flexibility index (Phi) is 10.1. The van der Waals surface area contributed by atoms with Gasteiger partial charge in [-0.1, -0.05) is 67.0 Å². The SMILES string of the molecule is CC[Si](CC)(O[C@@H]1[C@@H](CO[Si](C)(C)C(C)(C)C)C[C@@H](Nc2ncncc2C(=O)c2c[nH]c(Cl)c2)[C@H]1F)C(C)(C)C. The first kappa shape index (κ1) is 32.9. The minimum absolute atomic E-state index is 0.0445. The largest absolute Gasteiger partial charge is 0.416 e. The molecule has 0 aliphatic heterocycles. The second-order valence-electron chi connectivity index (χ2n) is 13.6. The molecule has 4 atom stereocenters. The maximum atomic E-state index is 16.5. The van der Waals surface area contributed by atoms with E-state index < -0.39 is 35.0 Å². The van der Waals surface area contributed by atoms with E-state index in [0.717, 1.165) is 12.1 Å². The molecule has 2 N–H and O–H groups in total. The highest BCUT2D eigenvalue weighted by Crippen LogP contribution is 2.47. The number of aromatic nitrogens is 3. The number of carbonyl (C=O) groups is 1. The van der Waals surface area contributed by atoms with E-state index >= 15 is 4.39 Å². The van der Waals surface area contributed by atoms with Gasteiger partial charge in [0.1, 0.15) is 23.5 Å². The van der Waals surface area contributed by atoms with Gasteiger partial charge in [-0.15, -0.1) is 0 Å². The Morgan fingerprint density at radius 2 is 1.82 bits per heavy atom. The first-order chi connectivity index (χ1) is 18.5. The fourth-order valence-electron chi connectivity index (χ4n) is 5.43. The van der Waals surface area contributed by atoms with E-state index in [1.807, 2.05) is 0 Å². The third kappa shape index (κ3) is 6.89. The number of rotatable bonds is 11. The number of nitrogens with one attached hydrogen (secondary N) is 2. The molecular weight excluding hydrogens is 563 g/mol. The van der Waals surface area contributed by atoms with E-state index in [9.17, 15) is 4.79 Å². The molecule has 7 nitrogen and oxygen atoms in total. The summed E-state index contributed by atoms with van der Waals surface area (Å²) in [5, 5.41) is 3.62. The summed E-state index contributed by atoms with van der Waals surface area (Å²) in [5.74, 6) is -0.111. The second-order valence-corrected chi connectivity index (χ2v) is 24.0. The van der Waals surface area contributed by atoms with E-state index in [1.54, 1.807) is 12.3 Å². The average molecular weight is 611 g/mol. The third-order valence-electron chi connectivity index (χ3n) is 9.24. The van der Waals surface area contributed by atoms with Gasteiger partial charge in [0, 0.05) is 30.5 Å². The summed E-state index contributed by atoms with van der Waals surface area (Å²) in [4.78, 5) is 24.4. The molecule has 0 spiro atoms. The van der Waals surface area contributed by atoms with Crippen LogP contribution in [0.2, 0.25) is 40.4 Å². The lowest BCUT2D eigenvalue weighted by Crippen LogP contribution is -2.52. The maximum absolute atomic E-state index is 16.5. The van der Waals surface area contributed by atoms with Crippen LogP contribution in [0, 0.1) is 5.92 Å². The van der Waals surface area contributed by atoms with Crippen LogP contribution in [0.4, 0.5) is 10.2 Å². The van der Waals surface area contributed by atoms with Crippen LogP contribution in [0.1, 0.15) is 77.7 Å². The Morgan fingerprint density at radius 1 is 1.18 bits per heavy atom. The molecule has 0 aromatic carbocycles. The number of carbonyl (C=O) groups excluding carboxylic acids is 1. The summed E-state index contributed by atoms with van der Waals surface area (Å²) in [6, 6.07) is 2.79. The van der Waals surface area contributed by atoms with Crippen molar-refractivity contribution in [3.63, 3.8) is 0 Å². The predicted molar refractivity (Wildman–Crippen MR) is 166 cm³/mol. The number of nitrogens with zero attached hydrogens (tertiary/aromatic N) is 2. The molecule has 0 saturated heterocycles. The minimum Gasteiger partial charge on any atom is -0.416 e. The standard InChI is InChI=1S/C29H48ClFN4O3Si2/c1-11-40(12-2,29(6,7)8)38-26-20(17-37-39(9,10)28(3,4)5)13-22(24(26)31)35-27-21(16-32-18-34-27)25(36)19-14-23(30)33-15-19/h14-16,18,20,22,24,26,33H,11-13,17H2,1-10H3,(H,32,34,35)/t20-,22-,24-,26-/m1/s1. The number of hydrogen-bond donors (Lipinski definition) is 2. The highest BCUT2D eigenvalue weighted by molar-refractivity contribution is 6.76. The van der Waals surface area contributed by atoms with Gasteiger partial charge in [0.25, 0.3) is 0 Å². The number of aromatic amines is 1. The van der Waals surface area contributed by atoms with Crippen molar-refractivity contribution in [1.29, 1.82) is 0 Å². The number of hydrogen-bond acceptors (Lipinski definition) is 6. The van der Waals surface area contributed by atoms with Crippen molar-refractivity contribution in [1.82, 2.24) is 15.0 Å². The molecule has 1 fully saturated rings. The highest BCUT2D eigenvalue weighted by atomic mass is 35.5. The molecule has 2 aromatic heterocycles. The molecule has 2 aromatic rings.